The van der Waals surface area contributed by atoms with Crippen LogP contribution in [0.3, 0.4) is 0 Å². The first-order valence-corrected chi connectivity index (χ1v) is 7.78. The Balaban J connectivity index is 1.56. The van der Waals surface area contributed by atoms with Gasteiger partial charge in [-0.2, -0.15) is 0 Å². The number of nitrogens with zero attached hydrogens (tertiary/aromatic N) is 1. The Hall–Kier alpha value is -0.870. The summed E-state index contributed by atoms with van der Waals surface area (Å²) in [4.78, 5) is 14.1. The SMILES string of the molecule is O=C(CNCC1CC1)N1CCc2c(Br)cccc2C1. The third-order valence-corrected chi connectivity index (χ3v) is 4.71. The molecular weight excluding hydrogens is 304 g/mol. The van der Waals surface area contributed by atoms with Crippen LogP contribution < -0.4 is 5.32 Å². The third kappa shape index (κ3) is 3.18. The maximum Gasteiger partial charge on any atom is 0.236 e. The number of benzene rings is 1. The second-order valence-corrected chi connectivity index (χ2v) is 6.37. The van der Waals surface area contributed by atoms with Gasteiger partial charge >= 0.3 is 0 Å². The van der Waals surface area contributed by atoms with Crippen molar-refractivity contribution in [2.75, 3.05) is 19.6 Å². The topological polar surface area (TPSA) is 32.3 Å². The van der Waals surface area contributed by atoms with E-state index in [1.807, 2.05) is 11.0 Å². The van der Waals surface area contributed by atoms with Gasteiger partial charge in [-0.1, -0.05) is 28.1 Å². The first kappa shape index (κ1) is 13.1. The van der Waals surface area contributed by atoms with E-state index >= 15 is 0 Å². The van der Waals surface area contributed by atoms with Gasteiger partial charge in [0.2, 0.25) is 5.91 Å². The molecular formula is C15H19BrN2O. The van der Waals surface area contributed by atoms with Crippen LogP contribution in [0, 0.1) is 5.92 Å². The van der Waals surface area contributed by atoms with Crippen molar-refractivity contribution in [2.45, 2.75) is 25.8 Å². The van der Waals surface area contributed by atoms with Crippen molar-refractivity contribution in [3.8, 4) is 0 Å². The molecule has 0 saturated heterocycles. The Morgan fingerprint density at radius 1 is 1.42 bits per heavy atom. The molecule has 19 heavy (non-hydrogen) atoms. The van der Waals surface area contributed by atoms with E-state index in [-0.39, 0.29) is 5.91 Å². The Morgan fingerprint density at radius 3 is 3.05 bits per heavy atom. The highest BCUT2D eigenvalue weighted by Crippen LogP contribution is 2.28. The summed E-state index contributed by atoms with van der Waals surface area (Å²) in [6.45, 7) is 3.07. The maximum absolute atomic E-state index is 12.1. The third-order valence-electron chi connectivity index (χ3n) is 3.97. The standard InChI is InChI=1S/C15H19BrN2O/c16-14-3-1-2-12-10-18(7-6-13(12)14)15(19)9-17-8-11-4-5-11/h1-3,11,17H,4-10H2. The molecule has 0 aromatic heterocycles. The van der Waals surface area contributed by atoms with E-state index in [9.17, 15) is 4.79 Å². The quantitative estimate of drug-likeness (QED) is 0.922. The number of amides is 1. The Morgan fingerprint density at radius 2 is 2.26 bits per heavy atom. The molecule has 0 bridgehead atoms. The smallest absolute Gasteiger partial charge is 0.236 e. The highest BCUT2D eigenvalue weighted by atomic mass is 79.9. The van der Waals surface area contributed by atoms with Gasteiger partial charge in [0, 0.05) is 17.6 Å². The van der Waals surface area contributed by atoms with Gasteiger partial charge < -0.3 is 10.2 Å². The van der Waals surface area contributed by atoms with Gasteiger partial charge in [-0.15, -0.1) is 0 Å². The van der Waals surface area contributed by atoms with Crippen LogP contribution >= 0.6 is 15.9 Å². The van der Waals surface area contributed by atoms with Crippen molar-refractivity contribution in [1.82, 2.24) is 10.2 Å². The molecule has 4 heteroatoms. The average Bonchev–Trinajstić information content (AvgIpc) is 3.23. The summed E-state index contributed by atoms with van der Waals surface area (Å²) < 4.78 is 1.17. The Kier molecular flexibility index (Phi) is 3.89. The highest BCUT2D eigenvalue weighted by Gasteiger charge is 2.23. The van der Waals surface area contributed by atoms with Crippen LogP contribution in [0.2, 0.25) is 0 Å². The van der Waals surface area contributed by atoms with Gasteiger partial charge in [0.05, 0.1) is 6.54 Å². The first-order chi connectivity index (χ1) is 9.24. The average molecular weight is 323 g/mol. The fraction of sp³-hybridized carbons (Fsp3) is 0.533. The second-order valence-electron chi connectivity index (χ2n) is 5.52. The molecule has 1 N–H and O–H groups in total. The van der Waals surface area contributed by atoms with Crippen molar-refractivity contribution in [3.63, 3.8) is 0 Å². The summed E-state index contributed by atoms with van der Waals surface area (Å²) in [6, 6.07) is 6.24. The van der Waals surface area contributed by atoms with E-state index in [4.69, 9.17) is 0 Å². The number of carbonyl (C=O) groups excluding carboxylic acids is 1. The number of hydrogen-bond acceptors (Lipinski definition) is 2. The number of nitrogens with one attached hydrogen (secondary N) is 1. The van der Waals surface area contributed by atoms with Gasteiger partial charge in [0.15, 0.2) is 0 Å². The number of rotatable bonds is 4. The van der Waals surface area contributed by atoms with Crippen molar-refractivity contribution < 1.29 is 4.79 Å². The van der Waals surface area contributed by atoms with Gasteiger partial charge in [-0.05, 0) is 48.9 Å². The minimum atomic E-state index is 0.228. The zero-order valence-electron chi connectivity index (χ0n) is 11.0. The molecule has 3 nitrogen and oxygen atoms in total. The molecule has 1 fully saturated rings. The van der Waals surface area contributed by atoms with E-state index in [0.29, 0.717) is 6.54 Å². The predicted octanol–water partition coefficient (Wildman–Crippen LogP) is 2.33. The molecule has 1 heterocycles. The first-order valence-electron chi connectivity index (χ1n) is 6.99. The van der Waals surface area contributed by atoms with E-state index in [0.717, 1.165) is 32.0 Å². The lowest BCUT2D eigenvalue weighted by Gasteiger charge is -2.29. The van der Waals surface area contributed by atoms with Gasteiger partial charge in [0.1, 0.15) is 0 Å². The lowest BCUT2D eigenvalue weighted by atomic mass is 10.00. The molecule has 1 aliphatic heterocycles. The highest BCUT2D eigenvalue weighted by molar-refractivity contribution is 9.10. The van der Waals surface area contributed by atoms with Crippen molar-refractivity contribution in [2.24, 2.45) is 5.92 Å². The predicted molar refractivity (Wildman–Crippen MR) is 78.9 cm³/mol. The lowest BCUT2D eigenvalue weighted by Crippen LogP contribution is -2.41. The van der Waals surface area contributed by atoms with Crippen LogP contribution in [-0.4, -0.2) is 30.4 Å². The summed E-state index contributed by atoms with van der Waals surface area (Å²) in [7, 11) is 0. The van der Waals surface area contributed by atoms with Crippen LogP contribution in [0.25, 0.3) is 0 Å². The summed E-state index contributed by atoms with van der Waals surface area (Å²) in [5.41, 5.74) is 2.63. The van der Waals surface area contributed by atoms with E-state index in [1.54, 1.807) is 0 Å². The zero-order chi connectivity index (χ0) is 13.2. The second kappa shape index (κ2) is 5.63. The van der Waals surface area contributed by atoms with Crippen LogP contribution in [0.1, 0.15) is 24.0 Å². The van der Waals surface area contributed by atoms with Crippen LogP contribution in [0.4, 0.5) is 0 Å². The molecule has 1 saturated carbocycles. The molecule has 0 spiro atoms. The van der Waals surface area contributed by atoms with Gasteiger partial charge in [-0.3, -0.25) is 4.79 Å². The molecule has 1 aromatic rings. The van der Waals surface area contributed by atoms with Gasteiger partial charge in [-0.25, -0.2) is 0 Å². The number of halogens is 1. The molecule has 1 amide bonds. The molecule has 0 unspecified atom stereocenters. The molecule has 1 aliphatic carbocycles. The maximum atomic E-state index is 12.1. The molecule has 0 atom stereocenters. The van der Waals surface area contributed by atoms with Crippen molar-refractivity contribution in [3.05, 3.63) is 33.8 Å². The summed E-state index contributed by atoms with van der Waals surface area (Å²) >= 11 is 3.59. The van der Waals surface area contributed by atoms with Crippen LogP contribution in [0.5, 0.6) is 0 Å². The monoisotopic (exact) mass is 322 g/mol. The number of fused-ring (bicyclic) bond motifs is 1. The van der Waals surface area contributed by atoms with E-state index in [1.165, 1.54) is 28.4 Å². The number of carbonyl (C=O) groups is 1. The largest absolute Gasteiger partial charge is 0.337 e. The van der Waals surface area contributed by atoms with Gasteiger partial charge in [0.25, 0.3) is 0 Å². The minimum absolute atomic E-state index is 0.228. The van der Waals surface area contributed by atoms with Crippen molar-refractivity contribution in [1.29, 1.82) is 0 Å². The van der Waals surface area contributed by atoms with Crippen LogP contribution in [-0.2, 0) is 17.8 Å². The summed E-state index contributed by atoms with van der Waals surface area (Å²) in [6.07, 6.45) is 3.60. The Labute approximate surface area is 122 Å². The summed E-state index contributed by atoms with van der Waals surface area (Å²) in [5, 5.41) is 3.28. The normalized spacial score (nSPS) is 18.3. The van der Waals surface area contributed by atoms with Crippen LogP contribution in [0.15, 0.2) is 22.7 Å². The Bertz CT molecular complexity index is 485. The van der Waals surface area contributed by atoms with E-state index in [2.05, 4.69) is 33.4 Å². The molecule has 0 radical (unpaired) electrons. The molecule has 3 rings (SSSR count). The fourth-order valence-corrected chi connectivity index (χ4v) is 3.20. The number of hydrogen-bond donors (Lipinski definition) is 1. The zero-order valence-corrected chi connectivity index (χ0v) is 12.6. The summed E-state index contributed by atoms with van der Waals surface area (Å²) in [5.74, 6) is 1.05. The lowest BCUT2D eigenvalue weighted by molar-refractivity contribution is -0.131. The molecule has 1 aromatic carbocycles. The molecule has 2 aliphatic rings. The minimum Gasteiger partial charge on any atom is -0.337 e. The fourth-order valence-electron chi connectivity index (χ4n) is 2.59. The van der Waals surface area contributed by atoms with E-state index < -0.39 is 0 Å². The van der Waals surface area contributed by atoms with Crippen molar-refractivity contribution >= 4 is 21.8 Å². The molecule has 102 valence electrons.